The monoisotopic (exact) mass is 247 g/mol. The van der Waals surface area contributed by atoms with Crippen molar-refractivity contribution < 1.29 is 13.2 Å². The van der Waals surface area contributed by atoms with Gasteiger partial charge in [-0.3, -0.25) is 0 Å². The van der Waals surface area contributed by atoms with Crippen LogP contribution in [0.1, 0.15) is 20.3 Å². The van der Waals surface area contributed by atoms with Crippen molar-refractivity contribution in [2.45, 2.75) is 26.3 Å². The Labute approximate surface area is 98.0 Å². The minimum Gasteiger partial charge on any atom is -0.380 e. The molecular weight excluding hydrogens is 226 g/mol. The Bertz CT molecular complexity index is 322. The minimum atomic E-state index is -2.94. The van der Waals surface area contributed by atoms with Crippen LogP contribution in [0.3, 0.4) is 0 Å². The van der Waals surface area contributed by atoms with Gasteiger partial charge >= 0.3 is 0 Å². The summed E-state index contributed by atoms with van der Waals surface area (Å²) in [7, 11) is -2.94. The third-order valence-electron chi connectivity index (χ3n) is 2.42. The van der Waals surface area contributed by atoms with Crippen LogP contribution in [0.2, 0.25) is 0 Å². The van der Waals surface area contributed by atoms with E-state index in [2.05, 4.69) is 19.2 Å². The second-order valence-corrected chi connectivity index (χ2v) is 6.44. The van der Waals surface area contributed by atoms with Gasteiger partial charge in [0.1, 0.15) is 0 Å². The first kappa shape index (κ1) is 13.7. The van der Waals surface area contributed by atoms with Crippen molar-refractivity contribution in [1.82, 2.24) is 5.32 Å². The lowest BCUT2D eigenvalue weighted by Crippen LogP contribution is -2.32. The van der Waals surface area contributed by atoms with E-state index in [-0.39, 0.29) is 11.8 Å². The summed E-state index contributed by atoms with van der Waals surface area (Å²) in [5.41, 5.74) is 0. The van der Waals surface area contributed by atoms with Crippen LogP contribution in [0.15, 0.2) is 11.5 Å². The van der Waals surface area contributed by atoms with Crippen LogP contribution < -0.4 is 5.32 Å². The average molecular weight is 247 g/mol. The molecule has 1 unspecified atom stereocenters. The van der Waals surface area contributed by atoms with Crippen LogP contribution >= 0.6 is 0 Å². The Hall–Kier alpha value is -0.390. The number of hydrogen-bond donors (Lipinski definition) is 1. The Morgan fingerprint density at radius 3 is 2.75 bits per heavy atom. The predicted octanol–water partition coefficient (Wildman–Crippen LogP) is 0.949. The summed E-state index contributed by atoms with van der Waals surface area (Å²) in [4.78, 5) is 0. The molecule has 0 saturated heterocycles. The largest absolute Gasteiger partial charge is 0.380 e. The molecule has 0 bridgehead atoms. The van der Waals surface area contributed by atoms with Crippen molar-refractivity contribution in [3.05, 3.63) is 11.5 Å². The third kappa shape index (κ3) is 5.63. The second kappa shape index (κ2) is 6.37. The fourth-order valence-corrected chi connectivity index (χ4v) is 2.71. The van der Waals surface area contributed by atoms with Crippen molar-refractivity contribution >= 4 is 9.84 Å². The van der Waals surface area contributed by atoms with Crippen LogP contribution in [0.25, 0.3) is 0 Å². The normalized spacial score (nSPS) is 23.1. The van der Waals surface area contributed by atoms with Crippen LogP contribution in [0.5, 0.6) is 0 Å². The van der Waals surface area contributed by atoms with E-state index in [1.165, 1.54) is 5.41 Å². The molecule has 1 aliphatic heterocycles. The Kier molecular flexibility index (Phi) is 5.44. The Morgan fingerprint density at radius 2 is 2.19 bits per heavy atom. The lowest BCUT2D eigenvalue weighted by molar-refractivity contribution is 0.124. The van der Waals surface area contributed by atoms with Gasteiger partial charge in [-0.2, -0.15) is 0 Å². The molecule has 0 amide bonds. The SMILES string of the molecule is CC(C)CCOCCNC1C=CS(=O)(=O)C1. The zero-order valence-electron chi connectivity index (χ0n) is 9.98. The molecule has 94 valence electrons. The Balaban J connectivity index is 1.99. The maximum Gasteiger partial charge on any atom is 0.173 e. The van der Waals surface area contributed by atoms with Crippen molar-refractivity contribution in [2.24, 2.45) is 5.92 Å². The van der Waals surface area contributed by atoms with Crippen molar-refractivity contribution in [1.29, 1.82) is 0 Å². The fourth-order valence-electron chi connectivity index (χ4n) is 1.44. The molecule has 1 N–H and O–H groups in total. The summed E-state index contributed by atoms with van der Waals surface area (Å²) in [5.74, 6) is 0.842. The molecule has 1 heterocycles. The molecule has 16 heavy (non-hydrogen) atoms. The summed E-state index contributed by atoms with van der Waals surface area (Å²) in [6, 6.07) is -0.0429. The molecule has 4 nitrogen and oxygen atoms in total. The van der Waals surface area contributed by atoms with E-state index in [1.54, 1.807) is 6.08 Å². The van der Waals surface area contributed by atoms with Gasteiger partial charge in [0.25, 0.3) is 0 Å². The lowest BCUT2D eigenvalue weighted by atomic mass is 10.1. The maximum absolute atomic E-state index is 11.1. The highest BCUT2D eigenvalue weighted by molar-refractivity contribution is 7.94. The number of nitrogens with one attached hydrogen (secondary N) is 1. The third-order valence-corrected chi connectivity index (χ3v) is 3.82. The van der Waals surface area contributed by atoms with Gasteiger partial charge in [0.2, 0.25) is 0 Å². The summed E-state index contributed by atoms with van der Waals surface area (Å²) in [6.07, 6.45) is 2.77. The van der Waals surface area contributed by atoms with Crippen LogP contribution in [-0.2, 0) is 14.6 Å². The van der Waals surface area contributed by atoms with E-state index in [9.17, 15) is 8.42 Å². The molecule has 0 fully saturated rings. The van der Waals surface area contributed by atoms with E-state index in [1.807, 2.05) is 0 Å². The van der Waals surface area contributed by atoms with E-state index in [0.29, 0.717) is 19.1 Å². The summed E-state index contributed by atoms with van der Waals surface area (Å²) in [6.45, 7) is 6.43. The van der Waals surface area contributed by atoms with E-state index < -0.39 is 9.84 Å². The molecule has 1 rings (SSSR count). The van der Waals surface area contributed by atoms with Gasteiger partial charge in [-0.05, 0) is 12.3 Å². The van der Waals surface area contributed by atoms with E-state index in [4.69, 9.17) is 4.74 Å². The molecule has 0 aromatic rings. The lowest BCUT2D eigenvalue weighted by Gasteiger charge is -2.10. The number of ether oxygens (including phenoxy) is 1. The first-order valence-corrected chi connectivity index (χ1v) is 7.43. The molecule has 5 heteroatoms. The van der Waals surface area contributed by atoms with Gasteiger partial charge in [0.15, 0.2) is 9.84 Å². The van der Waals surface area contributed by atoms with Gasteiger partial charge in [-0.15, -0.1) is 0 Å². The van der Waals surface area contributed by atoms with Crippen LogP contribution in [0.4, 0.5) is 0 Å². The van der Waals surface area contributed by atoms with Gasteiger partial charge in [-0.25, -0.2) is 8.42 Å². The molecule has 0 aromatic carbocycles. The standard InChI is InChI=1S/C11H21NO3S/c1-10(2)3-6-15-7-5-12-11-4-8-16(13,14)9-11/h4,8,10-12H,3,5-7,9H2,1-2H3. The maximum atomic E-state index is 11.1. The predicted molar refractivity (Wildman–Crippen MR) is 65.0 cm³/mol. The average Bonchev–Trinajstić information content (AvgIpc) is 2.51. The number of rotatable bonds is 7. The summed E-state index contributed by atoms with van der Waals surface area (Å²) < 4.78 is 27.6. The summed E-state index contributed by atoms with van der Waals surface area (Å²) >= 11 is 0. The molecule has 1 atom stereocenters. The smallest absolute Gasteiger partial charge is 0.173 e. The number of hydrogen-bond acceptors (Lipinski definition) is 4. The molecule has 0 aromatic heterocycles. The Morgan fingerprint density at radius 1 is 1.44 bits per heavy atom. The quantitative estimate of drug-likeness (QED) is 0.681. The van der Waals surface area contributed by atoms with Gasteiger partial charge in [-0.1, -0.05) is 19.9 Å². The molecule has 0 saturated carbocycles. The van der Waals surface area contributed by atoms with Crippen molar-refractivity contribution in [3.63, 3.8) is 0 Å². The first-order valence-electron chi connectivity index (χ1n) is 5.72. The van der Waals surface area contributed by atoms with Crippen LogP contribution in [0, 0.1) is 5.92 Å². The second-order valence-electron chi connectivity index (χ2n) is 4.51. The highest BCUT2D eigenvalue weighted by Crippen LogP contribution is 2.07. The summed E-state index contributed by atoms with van der Waals surface area (Å²) in [5, 5.41) is 4.42. The van der Waals surface area contributed by atoms with E-state index >= 15 is 0 Å². The van der Waals surface area contributed by atoms with E-state index in [0.717, 1.165) is 13.0 Å². The number of sulfone groups is 1. The molecule has 0 spiro atoms. The van der Waals surface area contributed by atoms with Crippen LogP contribution in [-0.4, -0.2) is 40.0 Å². The van der Waals surface area contributed by atoms with Gasteiger partial charge in [0.05, 0.1) is 12.4 Å². The first-order chi connectivity index (χ1) is 7.49. The molecule has 1 aliphatic rings. The molecule has 0 aliphatic carbocycles. The van der Waals surface area contributed by atoms with Gasteiger partial charge < -0.3 is 10.1 Å². The van der Waals surface area contributed by atoms with Crippen molar-refractivity contribution in [2.75, 3.05) is 25.5 Å². The minimum absolute atomic E-state index is 0.0429. The topological polar surface area (TPSA) is 55.4 Å². The fraction of sp³-hybridized carbons (Fsp3) is 0.818. The highest BCUT2D eigenvalue weighted by Gasteiger charge is 2.20. The van der Waals surface area contributed by atoms with Gasteiger partial charge in [0, 0.05) is 24.6 Å². The zero-order valence-corrected chi connectivity index (χ0v) is 10.8. The molecular formula is C11H21NO3S. The van der Waals surface area contributed by atoms with Crippen molar-refractivity contribution in [3.8, 4) is 0 Å². The highest BCUT2D eigenvalue weighted by atomic mass is 32.2. The molecule has 0 radical (unpaired) electrons. The zero-order chi connectivity index (χ0) is 12.0.